The number of alkyl carbamates (subject to hydrolysis) is 1. The van der Waals surface area contributed by atoms with Gasteiger partial charge in [0, 0.05) is 13.1 Å². The highest BCUT2D eigenvalue weighted by atomic mass is 16.6. The van der Waals surface area contributed by atoms with Crippen LogP contribution in [0.3, 0.4) is 0 Å². The molecule has 0 aliphatic carbocycles. The number of phenols is 1. The van der Waals surface area contributed by atoms with Crippen LogP contribution in [0.1, 0.15) is 50.4 Å². The molecule has 190 valence electrons. The number of aryl methyl sites for hydroxylation is 1. The Balaban J connectivity index is 2.35. The van der Waals surface area contributed by atoms with Crippen LogP contribution >= 0.6 is 0 Å². The Labute approximate surface area is 206 Å². The summed E-state index contributed by atoms with van der Waals surface area (Å²) in [5.74, 6) is -1.03. The maximum atomic E-state index is 13.4. The molecule has 0 bridgehead atoms. The van der Waals surface area contributed by atoms with Crippen LogP contribution in [0, 0.1) is 6.92 Å². The molecule has 2 aromatic carbocycles. The molecule has 9 heteroatoms. The Kier molecular flexibility index (Phi) is 9.65. The molecule has 0 radical (unpaired) electrons. The molecule has 2 aromatic rings. The maximum Gasteiger partial charge on any atom is 0.408 e. The molecule has 0 heterocycles. The van der Waals surface area contributed by atoms with Crippen molar-refractivity contribution in [2.24, 2.45) is 0 Å². The number of aromatic hydroxyl groups is 1. The predicted molar refractivity (Wildman–Crippen MR) is 132 cm³/mol. The van der Waals surface area contributed by atoms with E-state index in [2.05, 4.69) is 10.6 Å². The van der Waals surface area contributed by atoms with Crippen molar-refractivity contribution in [1.29, 1.82) is 0 Å². The first-order valence-electron chi connectivity index (χ1n) is 11.5. The topological polar surface area (TPSA) is 128 Å². The number of hydrogen-bond acceptors (Lipinski definition) is 6. The summed E-state index contributed by atoms with van der Waals surface area (Å²) >= 11 is 0. The predicted octanol–water partition coefficient (Wildman–Crippen LogP) is 2.79. The van der Waals surface area contributed by atoms with Crippen LogP contribution in [-0.4, -0.2) is 57.8 Å². The van der Waals surface area contributed by atoms with Crippen molar-refractivity contribution < 1.29 is 29.3 Å². The van der Waals surface area contributed by atoms with Gasteiger partial charge >= 0.3 is 6.09 Å². The molecule has 0 aliphatic rings. The number of amides is 3. The van der Waals surface area contributed by atoms with E-state index in [1.807, 2.05) is 30.3 Å². The van der Waals surface area contributed by atoms with Crippen molar-refractivity contribution in [2.75, 3.05) is 13.2 Å². The van der Waals surface area contributed by atoms with E-state index in [4.69, 9.17) is 4.74 Å². The number of phenolic OH excluding ortho intramolecular Hbond substituents is 1. The molecule has 35 heavy (non-hydrogen) atoms. The minimum atomic E-state index is -1.31. The summed E-state index contributed by atoms with van der Waals surface area (Å²) in [6, 6.07) is 11.6. The standard InChI is InChI=1S/C26H35N3O6/c1-6-29(24(33)20(16-30)28-25(34)35-26(3,4)5)22(19-12-13-21(31)17(2)14-19)23(32)27-15-18-10-8-7-9-11-18/h7-14,20,22,30-31H,6,15-16H2,1-5H3,(H,27,32)(H,28,34). The Morgan fingerprint density at radius 2 is 1.74 bits per heavy atom. The zero-order valence-corrected chi connectivity index (χ0v) is 20.9. The highest BCUT2D eigenvalue weighted by Crippen LogP contribution is 2.27. The summed E-state index contributed by atoms with van der Waals surface area (Å²) in [6.07, 6.45) is -0.855. The van der Waals surface area contributed by atoms with Gasteiger partial charge in [-0.05, 0) is 63.4 Å². The molecule has 0 saturated carbocycles. The molecule has 0 spiro atoms. The second-order valence-corrected chi connectivity index (χ2v) is 9.16. The number of rotatable bonds is 9. The van der Waals surface area contributed by atoms with E-state index in [0.29, 0.717) is 11.1 Å². The zero-order valence-electron chi connectivity index (χ0n) is 20.9. The monoisotopic (exact) mass is 485 g/mol. The Hall–Kier alpha value is -3.59. The number of benzene rings is 2. The zero-order chi connectivity index (χ0) is 26.2. The van der Waals surface area contributed by atoms with E-state index >= 15 is 0 Å². The van der Waals surface area contributed by atoms with Crippen LogP contribution in [0.4, 0.5) is 4.79 Å². The van der Waals surface area contributed by atoms with Crippen LogP contribution in [0.25, 0.3) is 0 Å². The molecule has 2 rings (SSSR count). The lowest BCUT2D eigenvalue weighted by Crippen LogP contribution is -2.54. The highest BCUT2D eigenvalue weighted by molar-refractivity contribution is 5.92. The average Bonchev–Trinajstić information content (AvgIpc) is 2.80. The Bertz CT molecular complexity index is 1020. The van der Waals surface area contributed by atoms with E-state index < -0.39 is 42.2 Å². The lowest BCUT2D eigenvalue weighted by Gasteiger charge is -2.33. The fraction of sp³-hybridized carbons (Fsp3) is 0.423. The van der Waals surface area contributed by atoms with Crippen molar-refractivity contribution in [3.63, 3.8) is 0 Å². The molecule has 2 unspecified atom stereocenters. The smallest absolute Gasteiger partial charge is 0.408 e. The van der Waals surface area contributed by atoms with Gasteiger partial charge in [0.25, 0.3) is 0 Å². The molecule has 3 amide bonds. The van der Waals surface area contributed by atoms with Gasteiger partial charge < -0.3 is 30.5 Å². The second-order valence-electron chi connectivity index (χ2n) is 9.16. The number of aliphatic hydroxyl groups excluding tert-OH is 1. The minimum Gasteiger partial charge on any atom is -0.508 e. The summed E-state index contributed by atoms with van der Waals surface area (Å²) in [4.78, 5) is 40.3. The summed E-state index contributed by atoms with van der Waals surface area (Å²) < 4.78 is 5.20. The molecule has 0 saturated heterocycles. The van der Waals surface area contributed by atoms with E-state index in [1.165, 1.54) is 11.0 Å². The third-order valence-corrected chi connectivity index (χ3v) is 5.20. The summed E-state index contributed by atoms with van der Waals surface area (Å²) in [7, 11) is 0. The van der Waals surface area contributed by atoms with Crippen molar-refractivity contribution in [2.45, 2.75) is 58.8 Å². The lowest BCUT2D eigenvalue weighted by atomic mass is 10.00. The quantitative estimate of drug-likeness (QED) is 0.432. The van der Waals surface area contributed by atoms with E-state index in [9.17, 15) is 24.6 Å². The fourth-order valence-electron chi connectivity index (χ4n) is 3.50. The normalized spacial score (nSPS) is 12.9. The van der Waals surface area contributed by atoms with E-state index in [-0.39, 0.29) is 18.8 Å². The number of nitrogens with zero attached hydrogens (tertiary/aromatic N) is 1. The van der Waals surface area contributed by atoms with Gasteiger partial charge in [0.2, 0.25) is 11.8 Å². The first-order valence-corrected chi connectivity index (χ1v) is 11.5. The van der Waals surface area contributed by atoms with Gasteiger partial charge in [-0.3, -0.25) is 9.59 Å². The van der Waals surface area contributed by atoms with Gasteiger partial charge in [0.15, 0.2) is 0 Å². The van der Waals surface area contributed by atoms with E-state index in [0.717, 1.165) is 5.56 Å². The second kappa shape index (κ2) is 12.2. The van der Waals surface area contributed by atoms with Crippen LogP contribution < -0.4 is 10.6 Å². The van der Waals surface area contributed by atoms with Crippen LogP contribution in [0.5, 0.6) is 5.75 Å². The highest BCUT2D eigenvalue weighted by Gasteiger charge is 2.35. The number of nitrogens with one attached hydrogen (secondary N) is 2. The Morgan fingerprint density at radius 3 is 2.29 bits per heavy atom. The first kappa shape index (κ1) is 27.7. The maximum absolute atomic E-state index is 13.4. The minimum absolute atomic E-state index is 0.0615. The molecule has 9 nitrogen and oxygen atoms in total. The lowest BCUT2D eigenvalue weighted by molar-refractivity contribution is -0.143. The van der Waals surface area contributed by atoms with Crippen molar-refractivity contribution in [3.8, 4) is 5.75 Å². The van der Waals surface area contributed by atoms with Gasteiger partial charge in [0.1, 0.15) is 23.4 Å². The molecular formula is C26H35N3O6. The fourth-order valence-corrected chi connectivity index (χ4v) is 3.50. The van der Waals surface area contributed by atoms with Gasteiger partial charge in [-0.1, -0.05) is 36.4 Å². The van der Waals surface area contributed by atoms with Crippen molar-refractivity contribution >= 4 is 17.9 Å². The number of carbonyl (C=O) groups is 3. The number of ether oxygens (including phenoxy) is 1. The molecule has 2 atom stereocenters. The summed E-state index contributed by atoms with van der Waals surface area (Å²) in [5.41, 5.74) is 1.12. The van der Waals surface area contributed by atoms with Crippen LogP contribution in [0.15, 0.2) is 48.5 Å². The van der Waals surface area contributed by atoms with Crippen LogP contribution in [0.2, 0.25) is 0 Å². The van der Waals surface area contributed by atoms with Gasteiger partial charge in [-0.25, -0.2) is 4.79 Å². The SMILES string of the molecule is CCN(C(=O)C(CO)NC(=O)OC(C)(C)C)C(C(=O)NCc1ccccc1)c1ccc(O)c(C)c1. The third kappa shape index (κ3) is 7.99. The van der Waals surface area contributed by atoms with Crippen molar-refractivity contribution in [3.05, 3.63) is 65.2 Å². The van der Waals surface area contributed by atoms with Gasteiger partial charge in [0.05, 0.1) is 6.61 Å². The molecule has 0 fully saturated rings. The number of likely N-dealkylation sites (N-methyl/N-ethyl adjacent to an activating group) is 1. The number of aliphatic hydroxyl groups is 1. The van der Waals surface area contributed by atoms with Gasteiger partial charge in [-0.15, -0.1) is 0 Å². The average molecular weight is 486 g/mol. The van der Waals surface area contributed by atoms with Crippen molar-refractivity contribution in [1.82, 2.24) is 15.5 Å². The first-order chi connectivity index (χ1) is 16.5. The molecular weight excluding hydrogens is 450 g/mol. The third-order valence-electron chi connectivity index (χ3n) is 5.20. The largest absolute Gasteiger partial charge is 0.508 e. The molecule has 0 aliphatic heterocycles. The molecule has 4 N–H and O–H groups in total. The number of carbonyl (C=O) groups excluding carboxylic acids is 3. The Morgan fingerprint density at radius 1 is 1.09 bits per heavy atom. The number of hydrogen-bond donors (Lipinski definition) is 4. The summed E-state index contributed by atoms with van der Waals surface area (Å²) in [5, 5.41) is 25.1. The van der Waals surface area contributed by atoms with E-state index in [1.54, 1.807) is 46.8 Å². The molecule has 0 aromatic heterocycles. The summed E-state index contributed by atoms with van der Waals surface area (Å²) in [6.45, 7) is 8.12. The van der Waals surface area contributed by atoms with Gasteiger partial charge in [-0.2, -0.15) is 0 Å². The van der Waals surface area contributed by atoms with Crippen LogP contribution in [-0.2, 0) is 20.9 Å².